The largest absolute Gasteiger partial charge is 0.382 e. The average molecular weight is 546 g/mol. The van der Waals surface area contributed by atoms with Crippen molar-refractivity contribution in [2.24, 2.45) is 5.92 Å². The van der Waals surface area contributed by atoms with Gasteiger partial charge < -0.3 is 16.0 Å². The Morgan fingerprint density at radius 3 is 2.59 bits per heavy atom. The highest BCUT2D eigenvalue weighted by atomic mass is 19.3. The van der Waals surface area contributed by atoms with Crippen molar-refractivity contribution in [2.75, 3.05) is 31.9 Å². The molecule has 2 atom stereocenters. The standard InChI is InChI=1S/C26H27F4N7O2/c27-16-5-14(6-16)25(39)36-9-19(28)20(10-36)34-24(38)18-4-2-1-3-17(18)21-7-15(8-35-11-26(29,30)12-35)22-23(31)32-13-33-37(21)22/h1-4,7,13-14,16,19-20H,5-6,8-12H2,(H,34,38)(H2,31,32,33)/t14?,16?,19-,20+/m0/s1. The second-order valence-corrected chi connectivity index (χ2v) is 10.6. The Balaban J connectivity index is 1.25. The number of hydrogen-bond donors (Lipinski definition) is 2. The summed E-state index contributed by atoms with van der Waals surface area (Å²) in [5.74, 6) is -3.82. The first kappa shape index (κ1) is 25.5. The van der Waals surface area contributed by atoms with Crippen LogP contribution in [0.3, 0.4) is 0 Å². The molecular formula is C26H27F4N7O2. The number of aromatic nitrogens is 3. The molecule has 0 spiro atoms. The first-order valence-corrected chi connectivity index (χ1v) is 12.8. The van der Waals surface area contributed by atoms with Crippen molar-refractivity contribution in [3.63, 3.8) is 0 Å². The van der Waals surface area contributed by atoms with Gasteiger partial charge in [0.15, 0.2) is 5.82 Å². The third-order valence-electron chi connectivity index (χ3n) is 7.72. The van der Waals surface area contributed by atoms with Crippen LogP contribution in [0.5, 0.6) is 0 Å². The van der Waals surface area contributed by atoms with E-state index in [2.05, 4.69) is 15.4 Å². The van der Waals surface area contributed by atoms with Crippen molar-refractivity contribution in [3.8, 4) is 11.3 Å². The fourth-order valence-electron chi connectivity index (χ4n) is 5.66. The van der Waals surface area contributed by atoms with Gasteiger partial charge in [-0.05, 0) is 30.5 Å². The van der Waals surface area contributed by atoms with E-state index in [0.29, 0.717) is 22.3 Å². The fraction of sp³-hybridized carbons (Fsp3) is 0.462. The van der Waals surface area contributed by atoms with E-state index in [1.54, 1.807) is 35.2 Å². The molecule has 3 N–H and O–H groups in total. The van der Waals surface area contributed by atoms with Gasteiger partial charge in [-0.3, -0.25) is 14.5 Å². The molecular weight excluding hydrogens is 518 g/mol. The van der Waals surface area contributed by atoms with Crippen molar-refractivity contribution in [1.29, 1.82) is 0 Å². The van der Waals surface area contributed by atoms with Gasteiger partial charge in [-0.15, -0.1) is 0 Å². The Morgan fingerprint density at radius 1 is 1.13 bits per heavy atom. The number of nitrogen functional groups attached to an aromatic ring is 1. The number of carbonyl (C=O) groups excluding carboxylic acids is 2. The van der Waals surface area contributed by atoms with Crippen molar-refractivity contribution < 1.29 is 27.2 Å². The molecule has 3 fully saturated rings. The molecule has 0 radical (unpaired) electrons. The van der Waals surface area contributed by atoms with Gasteiger partial charge in [0, 0.05) is 30.1 Å². The summed E-state index contributed by atoms with van der Waals surface area (Å²) in [6.07, 6.45) is -0.889. The van der Waals surface area contributed by atoms with E-state index in [0.717, 1.165) is 0 Å². The summed E-state index contributed by atoms with van der Waals surface area (Å²) in [5, 5.41) is 7.00. The second kappa shape index (κ2) is 9.47. The molecule has 2 aromatic heterocycles. The summed E-state index contributed by atoms with van der Waals surface area (Å²) in [4.78, 5) is 32.9. The summed E-state index contributed by atoms with van der Waals surface area (Å²) in [5.41, 5.74) is 8.44. The second-order valence-electron chi connectivity index (χ2n) is 10.6. The van der Waals surface area contributed by atoms with E-state index in [1.165, 1.54) is 15.7 Å². The zero-order valence-electron chi connectivity index (χ0n) is 20.9. The van der Waals surface area contributed by atoms with E-state index in [1.807, 2.05) is 0 Å². The number of nitrogens with one attached hydrogen (secondary N) is 1. The van der Waals surface area contributed by atoms with Gasteiger partial charge in [0.2, 0.25) is 5.91 Å². The molecule has 3 aromatic rings. The summed E-state index contributed by atoms with van der Waals surface area (Å²) in [6.45, 7) is -0.689. The van der Waals surface area contributed by atoms with Crippen LogP contribution in [0.25, 0.3) is 16.8 Å². The lowest BCUT2D eigenvalue weighted by molar-refractivity contribution is -0.139. The van der Waals surface area contributed by atoms with Crippen LogP contribution < -0.4 is 11.1 Å². The average Bonchev–Trinajstić information content (AvgIpc) is 3.41. The highest BCUT2D eigenvalue weighted by Crippen LogP contribution is 2.35. The lowest BCUT2D eigenvalue weighted by Gasteiger charge is -2.38. The minimum Gasteiger partial charge on any atom is -0.382 e. The van der Waals surface area contributed by atoms with Crippen LogP contribution >= 0.6 is 0 Å². The first-order valence-electron chi connectivity index (χ1n) is 12.8. The summed E-state index contributed by atoms with van der Waals surface area (Å²) in [7, 11) is 0. The van der Waals surface area contributed by atoms with Gasteiger partial charge >= 0.3 is 0 Å². The molecule has 1 saturated carbocycles. The number of carbonyl (C=O) groups is 2. The first-order chi connectivity index (χ1) is 18.6. The van der Waals surface area contributed by atoms with Crippen LogP contribution in [0.4, 0.5) is 23.4 Å². The number of anilines is 1. The molecule has 2 saturated heterocycles. The number of nitrogens with zero attached hydrogens (tertiary/aromatic N) is 5. The third-order valence-corrected chi connectivity index (χ3v) is 7.72. The zero-order chi connectivity index (χ0) is 27.5. The number of amides is 2. The minimum absolute atomic E-state index is 0.00376. The lowest BCUT2D eigenvalue weighted by atomic mass is 9.82. The van der Waals surface area contributed by atoms with Crippen LogP contribution in [0, 0.1) is 5.92 Å². The maximum Gasteiger partial charge on any atom is 0.272 e. The SMILES string of the molecule is Nc1ncnn2c(-c3ccccc3C(=O)N[C@@H]3CN(C(=O)C4CC(F)C4)C[C@@H]3F)cc(CN3CC(F)(F)C3)c12. The highest BCUT2D eigenvalue weighted by molar-refractivity contribution is 6.01. The predicted octanol–water partition coefficient (Wildman–Crippen LogP) is 2.46. The number of fused-ring (bicyclic) bond motifs is 1. The Labute approximate surface area is 221 Å². The van der Waals surface area contributed by atoms with E-state index >= 15 is 0 Å². The molecule has 2 aliphatic heterocycles. The smallest absolute Gasteiger partial charge is 0.272 e. The van der Waals surface area contributed by atoms with Crippen LogP contribution in [0.15, 0.2) is 36.7 Å². The van der Waals surface area contributed by atoms with E-state index in [-0.39, 0.29) is 62.9 Å². The Kier molecular flexibility index (Phi) is 6.20. The van der Waals surface area contributed by atoms with E-state index in [4.69, 9.17) is 5.73 Å². The van der Waals surface area contributed by atoms with Crippen molar-refractivity contribution >= 4 is 23.1 Å². The summed E-state index contributed by atoms with van der Waals surface area (Å²) in [6, 6.07) is 7.52. The third kappa shape index (κ3) is 4.68. The van der Waals surface area contributed by atoms with Crippen molar-refractivity contribution in [3.05, 3.63) is 47.8 Å². The molecule has 1 aliphatic carbocycles. The Bertz CT molecular complexity index is 1430. The fourth-order valence-corrected chi connectivity index (χ4v) is 5.66. The Morgan fingerprint density at radius 2 is 1.87 bits per heavy atom. The quantitative estimate of drug-likeness (QED) is 0.461. The molecule has 0 bridgehead atoms. The lowest BCUT2D eigenvalue weighted by Crippen LogP contribution is -2.55. The van der Waals surface area contributed by atoms with Gasteiger partial charge in [0.25, 0.3) is 11.8 Å². The van der Waals surface area contributed by atoms with Gasteiger partial charge in [-0.2, -0.15) is 5.10 Å². The molecule has 3 aliphatic rings. The number of benzene rings is 1. The number of alkyl halides is 4. The van der Waals surface area contributed by atoms with E-state index in [9.17, 15) is 27.2 Å². The molecule has 39 heavy (non-hydrogen) atoms. The summed E-state index contributed by atoms with van der Waals surface area (Å²) >= 11 is 0. The zero-order valence-corrected chi connectivity index (χ0v) is 20.9. The van der Waals surface area contributed by atoms with Gasteiger partial charge in [-0.25, -0.2) is 27.1 Å². The topological polar surface area (TPSA) is 109 Å². The summed E-state index contributed by atoms with van der Waals surface area (Å²) < 4.78 is 56.4. The molecule has 4 heterocycles. The molecule has 9 nitrogen and oxygen atoms in total. The highest BCUT2D eigenvalue weighted by Gasteiger charge is 2.44. The van der Waals surface area contributed by atoms with Crippen LogP contribution in [0.2, 0.25) is 0 Å². The van der Waals surface area contributed by atoms with Crippen LogP contribution in [-0.4, -0.2) is 86.7 Å². The van der Waals surface area contributed by atoms with Crippen molar-refractivity contribution in [2.45, 2.75) is 43.7 Å². The Hall–Kier alpha value is -3.74. The molecule has 0 unspecified atom stereocenters. The van der Waals surface area contributed by atoms with Gasteiger partial charge in [-0.1, -0.05) is 18.2 Å². The number of nitrogens with two attached hydrogens (primary N) is 1. The maximum absolute atomic E-state index is 14.9. The maximum atomic E-state index is 14.9. The predicted molar refractivity (Wildman–Crippen MR) is 133 cm³/mol. The number of rotatable bonds is 6. The van der Waals surface area contributed by atoms with Gasteiger partial charge in [0.05, 0.1) is 31.4 Å². The normalized spacial score (nSPS) is 26.3. The number of hydrogen-bond acceptors (Lipinski definition) is 6. The monoisotopic (exact) mass is 545 g/mol. The molecule has 13 heteroatoms. The molecule has 6 rings (SSSR count). The van der Waals surface area contributed by atoms with Gasteiger partial charge in [0.1, 0.15) is 24.2 Å². The number of likely N-dealkylation sites (tertiary alicyclic amines) is 2. The molecule has 1 aromatic carbocycles. The van der Waals surface area contributed by atoms with Crippen LogP contribution in [0.1, 0.15) is 28.8 Å². The minimum atomic E-state index is -2.73. The molecule has 2 amide bonds. The number of halogens is 4. The molecule has 206 valence electrons. The van der Waals surface area contributed by atoms with Crippen LogP contribution in [-0.2, 0) is 11.3 Å². The van der Waals surface area contributed by atoms with E-state index < -0.39 is 36.1 Å². The van der Waals surface area contributed by atoms with Crippen molar-refractivity contribution in [1.82, 2.24) is 29.7 Å².